The van der Waals surface area contributed by atoms with Gasteiger partial charge in [-0.05, 0) is 18.9 Å². The Morgan fingerprint density at radius 3 is 2.92 bits per heavy atom. The number of aromatic nitrogens is 2. The molecule has 1 aliphatic rings. The number of carbonyl (C=O) groups excluding carboxylic acids is 1. The highest BCUT2D eigenvalue weighted by molar-refractivity contribution is 7.17. The summed E-state index contributed by atoms with van der Waals surface area (Å²) >= 11 is 1.18. The lowest BCUT2D eigenvalue weighted by atomic mass is 10.1. The summed E-state index contributed by atoms with van der Waals surface area (Å²) in [4.78, 5) is 16.6. The number of nitrogens with zero attached hydrogens (tertiary/aromatic N) is 2. The van der Waals surface area contributed by atoms with Crippen LogP contribution in [0.25, 0.3) is 11.5 Å². The quantitative estimate of drug-likeness (QED) is 0.901. The van der Waals surface area contributed by atoms with Crippen LogP contribution in [-0.2, 0) is 22.5 Å². The van der Waals surface area contributed by atoms with Gasteiger partial charge in [-0.1, -0.05) is 5.16 Å². The lowest BCUT2D eigenvalue weighted by molar-refractivity contribution is -0.159. The molecule has 0 spiro atoms. The van der Waals surface area contributed by atoms with Gasteiger partial charge >= 0.3 is 12.3 Å². The average molecular weight is 363 g/mol. The van der Waals surface area contributed by atoms with Crippen LogP contribution in [0.2, 0.25) is 0 Å². The van der Waals surface area contributed by atoms with Gasteiger partial charge in [0.05, 0.1) is 18.8 Å². The van der Waals surface area contributed by atoms with Crippen LogP contribution in [0.4, 0.5) is 23.0 Å². The second kappa shape index (κ2) is 6.40. The standard InChI is InChI=1S/C13H12F3N3O4S/c1-6-17-10(23-19-6)9-7-2-3-21-4-8(7)24-11(9)18-12(20)22-5-13(14,15)16/h2-5H2,1H3,(H,18,20). The van der Waals surface area contributed by atoms with E-state index < -0.39 is 18.9 Å². The Labute approximate surface area is 137 Å². The zero-order chi connectivity index (χ0) is 17.3. The number of nitrogens with one attached hydrogen (secondary N) is 1. The number of amides is 1. The second-order valence-corrected chi connectivity index (χ2v) is 6.08. The Morgan fingerprint density at radius 1 is 1.46 bits per heavy atom. The van der Waals surface area contributed by atoms with Gasteiger partial charge in [-0.25, -0.2) is 4.79 Å². The Hall–Kier alpha value is -2.14. The highest BCUT2D eigenvalue weighted by Gasteiger charge is 2.31. The van der Waals surface area contributed by atoms with E-state index in [1.165, 1.54) is 11.3 Å². The van der Waals surface area contributed by atoms with E-state index in [0.29, 0.717) is 36.0 Å². The SMILES string of the molecule is Cc1noc(-c2c(NC(=O)OCC(F)(F)F)sc3c2CCOC3)n1. The summed E-state index contributed by atoms with van der Waals surface area (Å²) in [6, 6.07) is 0. The lowest BCUT2D eigenvalue weighted by Gasteiger charge is -2.12. The van der Waals surface area contributed by atoms with Gasteiger partial charge in [-0.2, -0.15) is 18.2 Å². The number of hydrogen-bond donors (Lipinski definition) is 1. The summed E-state index contributed by atoms with van der Waals surface area (Å²) in [5, 5.41) is 6.32. The fourth-order valence-corrected chi connectivity index (χ4v) is 3.38. The molecule has 1 N–H and O–H groups in total. The van der Waals surface area contributed by atoms with E-state index in [0.717, 1.165) is 10.4 Å². The first-order valence-corrected chi connectivity index (χ1v) is 7.68. The minimum absolute atomic E-state index is 0.193. The van der Waals surface area contributed by atoms with Gasteiger partial charge in [-0.15, -0.1) is 11.3 Å². The van der Waals surface area contributed by atoms with Crippen molar-refractivity contribution < 1.29 is 32.0 Å². The summed E-state index contributed by atoms with van der Waals surface area (Å²) < 4.78 is 51.1. The second-order valence-electron chi connectivity index (χ2n) is 4.97. The molecule has 2 aromatic rings. The Kier molecular flexibility index (Phi) is 4.45. The molecule has 0 aromatic carbocycles. The zero-order valence-electron chi connectivity index (χ0n) is 12.4. The molecule has 0 fully saturated rings. The van der Waals surface area contributed by atoms with Gasteiger partial charge in [0.2, 0.25) is 0 Å². The molecule has 7 nitrogen and oxygen atoms in total. The first-order chi connectivity index (χ1) is 11.3. The van der Waals surface area contributed by atoms with Crippen LogP contribution in [0.5, 0.6) is 0 Å². The van der Waals surface area contributed by atoms with Gasteiger partial charge in [0.1, 0.15) is 5.00 Å². The molecule has 24 heavy (non-hydrogen) atoms. The lowest BCUT2D eigenvalue weighted by Crippen LogP contribution is -2.23. The van der Waals surface area contributed by atoms with Gasteiger partial charge in [0.15, 0.2) is 12.4 Å². The van der Waals surface area contributed by atoms with Crippen LogP contribution in [0.3, 0.4) is 0 Å². The minimum Gasteiger partial charge on any atom is -0.440 e. The van der Waals surface area contributed by atoms with Crippen molar-refractivity contribution in [3.8, 4) is 11.5 Å². The van der Waals surface area contributed by atoms with E-state index in [4.69, 9.17) is 9.26 Å². The van der Waals surface area contributed by atoms with Crippen molar-refractivity contribution in [3.05, 3.63) is 16.3 Å². The smallest absolute Gasteiger partial charge is 0.422 e. The summed E-state index contributed by atoms with van der Waals surface area (Å²) in [5.74, 6) is 0.598. The molecule has 130 valence electrons. The zero-order valence-corrected chi connectivity index (χ0v) is 13.2. The van der Waals surface area contributed by atoms with Gasteiger partial charge in [0.25, 0.3) is 5.89 Å². The molecule has 2 aromatic heterocycles. The first-order valence-electron chi connectivity index (χ1n) is 6.87. The first kappa shape index (κ1) is 16.7. The third-order valence-corrected chi connectivity index (χ3v) is 4.27. The van der Waals surface area contributed by atoms with Crippen molar-refractivity contribution in [2.75, 3.05) is 18.5 Å². The molecule has 0 radical (unpaired) electrons. The van der Waals surface area contributed by atoms with Crippen molar-refractivity contribution in [2.45, 2.75) is 26.1 Å². The van der Waals surface area contributed by atoms with E-state index in [1.807, 2.05) is 0 Å². The molecule has 0 saturated carbocycles. The van der Waals surface area contributed by atoms with Gasteiger partial charge < -0.3 is 14.0 Å². The number of aryl methyl sites for hydroxylation is 1. The van der Waals surface area contributed by atoms with Crippen molar-refractivity contribution in [3.63, 3.8) is 0 Å². The summed E-state index contributed by atoms with van der Waals surface area (Å²) in [7, 11) is 0. The summed E-state index contributed by atoms with van der Waals surface area (Å²) in [5.41, 5.74) is 1.38. The molecule has 0 atom stereocenters. The van der Waals surface area contributed by atoms with Crippen LogP contribution in [0.15, 0.2) is 4.52 Å². The van der Waals surface area contributed by atoms with Crippen LogP contribution in [-0.4, -0.2) is 35.6 Å². The van der Waals surface area contributed by atoms with Crippen molar-refractivity contribution in [1.82, 2.24) is 10.1 Å². The molecule has 11 heteroatoms. The van der Waals surface area contributed by atoms with E-state index in [1.54, 1.807) is 6.92 Å². The Bertz CT molecular complexity index is 756. The number of alkyl halides is 3. The van der Waals surface area contributed by atoms with E-state index in [9.17, 15) is 18.0 Å². The topological polar surface area (TPSA) is 86.5 Å². The molecule has 0 unspecified atom stereocenters. The number of thiophene rings is 1. The molecular weight excluding hydrogens is 351 g/mol. The number of carbonyl (C=O) groups is 1. The number of ether oxygens (including phenoxy) is 2. The molecular formula is C13H12F3N3O4S. The maximum absolute atomic E-state index is 12.1. The highest BCUT2D eigenvalue weighted by Crippen LogP contribution is 2.42. The van der Waals surface area contributed by atoms with Crippen molar-refractivity contribution >= 4 is 22.4 Å². The number of anilines is 1. The summed E-state index contributed by atoms with van der Waals surface area (Å²) in [6.07, 6.45) is -5.22. The largest absolute Gasteiger partial charge is 0.440 e. The Morgan fingerprint density at radius 2 is 2.25 bits per heavy atom. The predicted molar refractivity (Wildman–Crippen MR) is 76.7 cm³/mol. The van der Waals surface area contributed by atoms with Crippen LogP contribution in [0.1, 0.15) is 16.3 Å². The van der Waals surface area contributed by atoms with Gasteiger partial charge in [-0.3, -0.25) is 5.32 Å². The number of fused-ring (bicyclic) bond motifs is 1. The number of hydrogen-bond acceptors (Lipinski definition) is 7. The maximum Gasteiger partial charge on any atom is 0.422 e. The number of halogens is 3. The van der Waals surface area contributed by atoms with Crippen LogP contribution >= 0.6 is 11.3 Å². The maximum atomic E-state index is 12.1. The molecule has 3 rings (SSSR count). The number of rotatable bonds is 3. The average Bonchev–Trinajstić information content (AvgIpc) is 3.07. The van der Waals surface area contributed by atoms with Crippen LogP contribution < -0.4 is 5.32 Å². The van der Waals surface area contributed by atoms with E-state index >= 15 is 0 Å². The van der Waals surface area contributed by atoms with E-state index in [-0.39, 0.29) is 5.89 Å². The molecule has 1 aliphatic heterocycles. The van der Waals surface area contributed by atoms with Gasteiger partial charge in [0, 0.05) is 4.88 Å². The van der Waals surface area contributed by atoms with Crippen molar-refractivity contribution in [2.24, 2.45) is 0 Å². The molecule has 3 heterocycles. The molecule has 0 bridgehead atoms. The molecule has 1 amide bonds. The fraction of sp³-hybridized carbons (Fsp3) is 0.462. The minimum atomic E-state index is -4.59. The normalized spacial score (nSPS) is 14.3. The predicted octanol–water partition coefficient (Wildman–Crippen LogP) is 3.29. The molecule has 0 aliphatic carbocycles. The molecule has 0 saturated heterocycles. The fourth-order valence-electron chi connectivity index (χ4n) is 2.22. The Balaban J connectivity index is 1.87. The van der Waals surface area contributed by atoms with Crippen molar-refractivity contribution in [1.29, 1.82) is 0 Å². The third-order valence-electron chi connectivity index (χ3n) is 3.14. The monoisotopic (exact) mass is 363 g/mol. The third kappa shape index (κ3) is 3.67. The highest BCUT2D eigenvalue weighted by atomic mass is 32.1. The van der Waals surface area contributed by atoms with E-state index in [2.05, 4.69) is 20.2 Å². The summed E-state index contributed by atoms with van der Waals surface area (Å²) in [6.45, 7) is 0.808. The van der Waals surface area contributed by atoms with Crippen LogP contribution in [0, 0.1) is 6.92 Å².